The standard InChI is InChI=1S/C18H20N4O4S/c1-2-26-17(24)16-19-10-14(27-16)22-18(25)20-12-8-9-13(23)21-15(12)11-6-4-3-5-7-11/h3-7,10,12,15H,2,8-9H2,1H3,(H,21,23)(H2,20,22,25)/t12-,15-/m0/s1. The molecule has 3 amide bonds. The van der Waals surface area contributed by atoms with Gasteiger partial charge in [0.25, 0.3) is 0 Å². The molecule has 1 aliphatic heterocycles. The number of anilines is 1. The van der Waals surface area contributed by atoms with Gasteiger partial charge in [-0.15, -0.1) is 0 Å². The number of nitrogens with one attached hydrogen (secondary N) is 3. The summed E-state index contributed by atoms with van der Waals surface area (Å²) in [5.74, 6) is -0.557. The maximum absolute atomic E-state index is 12.4. The van der Waals surface area contributed by atoms with E-state index in [0.29, 0.717) is 17.8 Å². The molecule has 1 aromatic heterocycles. The van der Waals surface area contributed by atoms with Crippen molar-refractivity contribution in [2.45, 2.75) is 31.8 Å². The van der Waals surface area contributed by atoms with Crippen molar-refractivity contribution in [2.24, 2.45) is 0 Å². The van der Waals surface area contributed by atoms with Gasteiger partial charge in [-0.1, -0.05) is 41.7 Å². The summed E-state index contributed by atoms with van der Waals surface area (Å²) in [4.78, 5) is 39.8. The highest BCUT2D eigenvalue weighted by Gasteiger charge is 2.31. The number of hydrogen-bond acceptors (Lipinski definition) is 6. The number of benzene rings is 1. The molecule has 3 N–H and O–H groups in total. The summed E-state index contributed by atoms with van der Waals surface area (Å²) in [5.41, 5.74) is 0.929. The largest absolute Gasteiger partial charge is 0.461 e. The molecule has 9 heteroatoms. The van der Waals surface area contributed by atoms with Crippen LogP contribution < -0.4 is 16.0 Å². The predicted octanol–water partition coefficient (Wildman–Crippen LogP) is 2.46. The summed E-state index contributed by atoms with van der Waals surface area (Å²) in [6.07, 6.45) is 2.30. The van der Waals surface area contributed by atoms with Crippen molar-refractivity contribution in [2.75, 3.05) is 11.9 Å². The van der Waals surface area contributed by atoms with Gasteiger partial charge < -0.3 is 15.4 Å². The van der Waals surface area contributed by atoms with Crippen LogP contribution in [0.2, 0.25) is 0 Å². The smallest absolute Gasteiger partial charge is 0.367 e. The highest BCUT2D eigenvalue weighted by molar-refractivity contribution is 7.17. The summed E-state index contributed by atoms with van der Waals surface area (Å²) in [6, 6.07) is 8.54. The lowest BCUT2D eigenvalue weighted by Gasteiger charge is -2.33. The normalized spacial score (nSPS) is 19.1. The number of nitrogens with zero attached hydrogens (tertiary/aromatic N) is 1. The number of hydrogen-bond donors (Lipinski definition) is 3. The van der Waals surface area contributed by atoms with Crippen LogP contribution in [0.1, 0.15) is 41.2 Å². The second-order valence-electron chi connectivity index (χ2n) is 5.95. The number of carbonyl (C=O) groups excluding carboxylic acids is 3. The maximum Gasteiger partial charge on any atom is 0.367 e. The number of rotatable bonds is 5. The Morgan fingerprint density at radius 3 is 2.85 bits per heavy atom. The van der Waals surface area contributed by atoms with E-state index in [1.807, 2.05) is 30.3 Å². The molecular weight excluding hydrogens is 368 g/mol. The molecule has 2 heterocycles. The molecule has 2 aromatic rings. The van der Waals surface area contributed by atoms with Gasteiger partial charge >= 0.3 is 12.0 Å². The first-order chi connectivity index (χ1) is 13.1. The van der Waals surface area contributed by atoms with Gasteiger partial charge in [0.2, 0.25) is 10.9 Å². The monoisotopic (exact) mass is 388 g/mol. The van der Waals surface area contributed by atoms with Gasteiger partial charge in [0.05, 0.1) is 24.9 Å². The number of piperidine rings is 1. The average Bonchev–Trinajstić information content (AvgIpc) is 3.12. The minimum atomic E-state index is -0.518. The van der Waals surface area contributed by atoms with E-state index in [2.05, 4.69) is 20.9 Å². The number of aromatic nitrogens is 1. The molecule has 3 rings (SSSR count). The van der Waals surface area contributed by atoms with E-state index in [1.165, 1.54) is 6.20 Å². The van der Waals surface area contributed by atoms with Crippen molar-refractivity contribution < 1.29 is 19.1 Å². The first kappa shape index (κ1) is 18.8. The van der Waals surface area contributed by atoms with Crippen LogP contribution in [0.4, 0.5) is 9.80 Å². The lowest BCUT2D eigenvalue weighted by atomic mass is 9.92. The van der Waals surface area contributed by atoms with E-state index in [4.69, 9.17) is 4.74 Å². The first-order valence-electron chi connectivity index (χ1n) is 8.61. The molecule has 2 atom stereocenters. The Labute approximate surface area is 160 Å². The molecule has 0 aliphatic carbocycles. The lowest BCUT2D eigenvalue weighted by Crippen LogP contribution is -2.51. The van der Waals surface area contributed by atoms with Crippen molar-refractivity contribution in [1.29, 1.82) is 0 Å². The fourth-order valence-electron chi connectivity index (χ4n) is 2.87. The van der Waals surface area contributed by atoms with Gasteiger partial charge in [0.15, 0.2) is 0 Å². The van der Waals surface area contributed by atoms with Crippen molar-refractivity contribution in [3.05, 3.63) is 47.1 Å². The van der Waals surface area contributed by atoms with E-state index in [1.54, 1.807) is 6.92 Å². The Morgan fingerprint density at radius 1 is 1.33 bits per heavy atom. The third kappa shape index (κ3) is 4.82. The fourth-order valence-corrected chi connectivity index (χ4v) is 3.57. The predicted molar refractivity (Wildman–Crippen MR) is 101 cm³/mol. The Hall–Kier alpha value is -2.94. The maximum atomic E-state index is 12.4. The number of urea groups is 1. The third-order valence-corrected chi connectivity index (χ3v) is 4.96. The number of thiazole rings is 1. The highest BCUT2D eigenvalue weighted by atomic mass is 32.1. The van der Waals surface area contributed by atoms with Crippen LogP contribution in [0.25, 0.3) is 0 Å². The lowest BCUT2D eigenvalue weighted by molar-refractivity contribution is -0.123. The third-order valence-electron chi connectivity index (χ3n) is 4.07. The number of esters is 1. The van der Waals surface area contributed by atoms with Crippen LogP contribution >= 0.6 is 11.3 Å². The zero-order valence-corrected chi connectivity index (χ0v) is 15.5. The summed E-state index contributed by atoms with van der Waals surface area (Å²) < 4.78 is 4.88. The van der Waals surface area contributed by atoms with Crippen molar-refractivity contribution in [3.8, 4) is 0 Å². The molecule has 0 radical (unpaired) electrons. The molecule has 1 aromatic carbocycles. The van der Waals surface area contributed by atoms with E-state index in [9.17, 15) is 14.4 Å². The van der Waals surface area contributed by atoms with Gasteiger partial charge in [-0.05, 0) is 18.9 Å². The van der Waals surface area contributed by atoms with Crippen LogP contribution in [0.5, 0.6) is 0 Å². The van der Waals surface area contributed by atoms with Crippen molar-refractivity contribution >= 4 is 34.2 Å². The SMILES string of the molecule is CCOC(=O)c1ncc(NC(=O)N[C@H]2CCC(=O)N[C@H]2c2ccccc2)s1. The van der Waals surface area contributed by atoms with Crippen LogP contribution in [0.15, 0.2) is 36.5 Å². The Morgan fingerprint density at radius 2 is 2.11 bits per heavy atom. The Kier molecular flexibility index (Phi) is 6.02. The summed E-state index contributed by atoms with van der Waals surface area (Å²) in [5, 5.41) is 9.12. The van der Waals surface area contributed by atoms with E-state index < -0.39 is 12.0 Å². The molecular formula is C18H20N4O4S. The quantitative estimate of drug-likeness (QED) is 0.682. The van der Waals surface area contributed by atoms with E-state index >= 15 is 0 Å². The zero-order valence-electron chi connectivity index (χ0n) is 14.7. The van der Waals surface area contributed by atoms with Gasteiger partial charge in [-0.2, -0.15) is 0 Å². The van der Waals surface area contributed by atoms with Gasteiger partial charge in [-0.25, -0.2) is 14.6 Å². The molecule has 0 saturated carbocycles. The summed E-state index contributed by atoms with van der Waals surface area (Å²) in [7, 11) is 0. The summed E-state index contributed by atoms with van der Waals surface area (Å²) in [6.45, 7) is 1.97. The van der Waals surface area contributed by atoms with Crippen molar-refractivity contribution in [3.63, 3.8) is 0 Å². The zero-order chi connectivity index (χ0) is 19.2. The van der Waals surface area contributed by atoms with Crippen molar-refractivity contribution in [1.82, 2.24) is 15.6 Å². The highest BCUT2D eigenvalue weighted by Crippen LogP contribution is 2.25. The topological polar surface area (TPSA) is 109 Å². The fraction of sp³-hybridized carbons (Fsp3) is 0.333. The Bertz CT molecular complexity index is 824. The number of ether oxygens (including phenoxy) is 1. The molecule has 0 spiro atoms. The molecule has 1 saturated heterocycles. The van der Waals surface area contributed by atoms with Gasteiger partial charge in [0, 0.05) is 6.42 Å². The first-order valence-corrected chi connectivity index (χ1v) is 9.43. The number of carbonyl (C=O) groups is 3. The molecule has 27 heavy (non-hydrogen) atoms. The molecule has 0 unspecified atom stereocenters. The second kappa shape index (κ2) is 8.63. The molecule has 8 nitrogen and oxygen atoms in total. The minimum absolute atomic E-state index is 0.0381. The summed E-state index contributed by atoms with van der Waals surface area (Å²) >= 11 is 1.04. The molecule has 142 valence electrons. The van der Waals surface area contributed by atoms with E-state index in [-0.39, 0.29) is 29.6 Å². The Balaban J connectivity index is 1.64. The molecule has 1 aliphatic rings. The van der Waals surface area contributed by atoms with Gasteiger partial charge in [0.1, 0.15) is 5.00 Å². The number of amides is 3. The van der Waals surface area contributed by atoms with Crippen LogP contribution in [-0.2, 0) is 9.53 Å². The van der Waals surface area contributed by atoms with Crippen LogP contribution in [0.3, 0.4) is 0 Å². The van der Waals surface area contributed by atoms with Crippen LogP contribution in [0, 0.1) is 0 Å². The van der Waals surface area contributed by atoms with E-state index in [0.717, 1.165) is 16.9 Å². The van der Waals surface area contributed by atoms with Crippen LogP contribution in [-0.4, -0.2) is 35.5 Å². The minimum Gasteiger partial charge on any atom is -0.461 e. The second-order valence-corrected chi connectivity index (χ2v) is 6.98. The molecule has 0 bridgehead atoms. The molecule has 1 fully saturated rings. The van der Waals surface area contributed by atoms with Gasteiger partial charge in [-0.3, -0.25) is 10.1 Å². The average molecular weight is 388 g/mol.